The first-order chi connectivity index (χ1) is 9.33. The third kappa shape index (κ3) is 9.42. The van der Waals surface area contributed by atoms with Crippen LogP contribution in [0.1, 0.15) is 51.9 Å². The van der Waals surface area contributed by atoms with E-state index >= 15 is 0 Å². The SMILES string of the molecule is CCCNCCCCCCN(C)CC1CCOCC1. The number of ether oxygens (including phenoxy) is 1. The van der Waals surface area contributed by atoms with Gasteiger partial charge in [0.1, 0.15) is 0 Å². The first-order valence-corrected chi connectivity index (χ1v) is 8.30. The van der Waals surface area contributed by atoms with Gasteiger partial charge in [0.15, 0.2) is 0 Å². The Balaban J connectivity index is 1.85. The van der Waals surface area contributed by atoms with Gasteiger partial charge in [-0.15, -0.1) is 0 Å². The van der Waals surface area contributed by atoms with Gasteiger partial charge in [-0.25, -0.2) is 0 Å². The lowest BCUT2D eigenvalue weighted by atomic mass is 10.00. The van der Waals surface area contributed by atoms with Gasteiger partial charge < -0.3 is 15.0 Å². The van der Waals surface area contributed by atoms with Gasteiger partial charge in [0.25, 0.3) is 0 Å². The summed E-state index contributed by atoms with van der Waals surface area (Å²) in [6.45, 7) is 9.08. The molecule has 1 aliphatic rings. The van der Waals surface area contributed by atoms with Gasteiger partial charge in [0, 0.05) is 19.8 Å². The Hall–Kier alpha value is -0.120. The van der Waals surface area contributed by atoms with Gasteiger partial charge in [-0.3, -0.25) is 0 Å². The zero-order chi connectivity index (χ0) is 13.8. The average Bonchev–Trinajstić information content (AvgIpc) is 2.43. The molecule has 3 nitrogen and oxygen atoms in total. The van der Waals surface area contributed by atoms with Gasteiger partial charge >= 0.3 is 0 Å². The Bertz CT molecular complexity index is 193. The first kappa shape index (κ1) is 16.9. The van der Waals surface area contributed by atoms with E-state index in [1.54, 1.807) is 0 Å². The molecule has 0 radical (unpaired) electrons. The van der Waals surface area contributed by atoms with Crippen LogP contribution >= 0.6 is 0 Å². The van der Waals surface area contributed by atoms with Crippen LogP contribution in [0.5, 0.6) is 0 Å². The van der Waals surface area contributed by atoms with E-state index in [0.717, 1.165) is 19.1 Å². The lowest BCUT2D eigenvalue weighted by Crippen LogP contribution is -2.30. The van der Waals surface area contributed by atoms with Gasteiger partial charge in [-0.2, -0.15) is 0 Å². The summed E-state index contributed by atoms with van der Waals surface area (Å²) < 4.78 is 5.41. The average molecular weight is 270 g/mol. The van der Waals surface area contributed by atoms with E-state index in [1.165, 1.54) is 71.1 Å². The zero-order valence-corrected chi connectivity index (χ0v) is 13.1. The molecule has 3 heteroatoms. The largest absolute Gasteiger partial charge is 0.381 e. The lowest BCUT2D eigenvalue weighted by molar-refractivity contribution is 0.0556. The molecule has 0 spiro atoms. The molecular weight excluding hydrogens is 236 g/mol. The van der Waals surface area contributed by atoms with E-state index in [4.69, 9.17) is 4.74 Å². The first-order valence-electron chi connectivity index (χ1n) is 8.30. The highest BCUT2D eigenvalue weighted by atomic mass is 16.5. The molecule has 0 aromatic rings. The summed E-state index contributed by atoms with van der Waals surface area (Å²) in [5.41, 5.74) is 0. The summed E-state index contributed by atoms with van der Waals surface area (Å²) in [7, 11) is 2.28. The number of nitrogens with one attached hydrogen (secondary N) is 1. The minimum atomic E-state index is 0.872. The normalized spacial score (nSPS) is 17.2. The van der Waals surface area contributed by atoms with Crippen LogP contribution in [0.3, 0.4) is 0 Å². The van der Waals surface area contributed by atoms with Crippen LogP contribution in [0.15, 0.2) is 0 Å². The maximum absolute atomic E-state index is 5.41. The van der Waals surface area contributed by atoms with Crippen molar-refractivity contribution in [1.29, 1.82) is 0 Å². The number of hydrogen-bond acceptors (Lipinski definition) is 3. The molecule has 1 saturated heterocycles. The van der Waals surface area contributed by atoms with Crippen molar-refractivity contribution in [3.63, 3.8) is 0 Å². The van der Waals surface area contributed by atoms with Crippen molar-refractivity contribution in [3.05, 3.63) is 0 Å². The summed E-state index contributed by atoms with van der Waals surface area (Å²) in [5.74, 6) is 0.872. The van der Waals surface area contributed by atoms with Gasteiger partial charge in [-0.05, 0) is 64.7 Å². The fourth-order valence-electron chi connectivity index (χ4n) is 2.75. The van der Waals surface area contributed by atoms with Crippen molar-refractivity contribution in [2.45, 2.75) is 51.9 Å². The van der Waals surface area contributed by atoms with Crippen LogP contribution in [-0.2, 0) is 4.74 Å². The van der Waals surface area contributed by atoms with Crippen molar-refractivity contribution >= 4 is 0 Å². The van der Waals surface area contributed by atoms with Crippen LogP contribution in [0.2, 0.25) is 0 Å². The predicted molar refractivity (Wildman–Crippen MR) is 82.7 cm³/mol. The van der Waals surface area contributed by atoms with Crippen molar-refractivity contribution in [3.8, 4) is 0 Å². The highest BCUT2D eigenvalue weighted by Gasteiger charge is 2.15. The van der Waals surface area contributed by atoms with Crippen molar-refractivity contribution < 1.29 is 4.74 Å². The molecule has 0 unspecified atom stereocenters. The predicted octanol–water partition coefficient (Wildman–Crippen LogP) is 2.90. The van der Waals surface area contributed by atoms with Gasteiger partial charge in [0.2, 0.25) is 0 Å². The molecule has 0 bridgehead atoms. The number of rotatable bonds is 11. The fraction of sp³-hybridized carbons (Fsp3) is 1.00. The smallest absolute Gasteiger partial charge is 0.0469 e. The van der Waals surface area contributed by atoms with E-state index in [1.807, 2.05) is 0 Å². The minimum Gasteiger partial charge on any atom is -0.381 e. The second-order valence-corrected chi connectivity index (χ2v) is 5.98. The summed E-state index contributed by atoms with van der Waals surface area (Å²) in [6.07, 6.45) is 9.21. The molecule has 0 aromatic carbocycles. The molecule has 1 rings (SSSR count). The quantitative estimate of drug-likeness (QED) is 0.584. The van der Waals surface area contributed by atoms with Crippen molar-refractivity contribution in [2.24, 2.45) is 5.92 Å². The Morgan fingerprint density at radius 3 is 2.53 bits per heavy atom. The second-order valence-electron chi connectivity index (χ2n) is 5.98. The number of hydrogen-bond donors (Lipinski definition) is 1. The lowest BCUT2D eigenvalue weighted by Gasteiger charge is -2.27. The molecule has 1 aliphatic heterocycles. The highest BCUT2D eigenvalue weighted by Crippen LogP contribution is 2.15. The highest BCUT2D eigenvalue weighted by molar-refractivity contribution is 4.67. The van der Waals surface area contributed by atoms with E-state index in [2.05, 4.69) is 24.2 Å². The van der Waals surface area contributed by atoms with Crippen LogP contribution in [0.4, 0.5) is 0 Å². The number of unbranched alkanes of at least 4 members (excludes halogenated alkanes) is 3. The molecule has 1 N–H and O–H groups in total. The van der Waals surface area contributed by atoms with E-state index in [-0.39, 0.29) is 0 Å². The van der Waals surface area contributed by atoms with Crippen molar-refractivity contribution in [1.82, 2.24) is 10.2 Å². The maximum Gasteiger partial charge on any atom is 0.0469 e. The Morgan fingerprint density at radius 1 is 1.05 bits per heavy atom. The molecule has 0 amide bonds. The van der Waals surface area contributed by atoms with Crippen LogP contribution in [0.25, 0.3) is 0 Å². The van der Waals surface area contributed by atoms with Gasteiger partial charge in [0.05, 0.1) is 0 Å². The van der Waals surface area contributed by atoms with E-state index in [9.17, 15) is 0 Å². The summed E-state index contributed by atoms with van der Waals surface area (Å²) in [6, 6.07) is 0. The van der Waals surface area contributed by atoms with Crippen LogP contribution in [0, 0.1) is 5.92 Å². The molecule has 0 atom stereocenters. The Labute approximate surface area is 120 Å². The Morgan fingerprint density at radius 2 is 1.79 bits per heavy atom. The van der Waals surface area contributed by atoms with Crippen LogP contribution in [-0.4, -0.2) is 51.3 Å². The monoisotopic (exact) mass is 270 g/mol. The molecule has 0 aromatic heterocycles. The van der Waals surface area contributed by atoms with Crippen LogP contribution < -0.4 is 5.32 Å². The maximum atomic E-state index is 5.41. The standard InChI is InChI=1S/C16H34N2O/c1-3-10-17-11-6-4-5-7-12-18(2)15-16-8-13-19-14-9-16/h16-17H,3-15H2,1-2H3. The summed E-state index contributed by atoms with van der Waals surface area (Å²) >= 11 is 0. The topological polar surface area (TPSA) is 24.5 Å². The minimum absolute atomic E-state index is 0.872. The van der Waals surface area contributed by atoms with Crippen molar-refractivity contribution in [2.75, 3.05) is 46.4 Å². The molecular formula is C16H34N2O. The van der Waals surface area contributed by atoms with E-state index in [0.29, 0.717) is 0 Å². The van der Waals surface area contributed by atoms with Gasteiger partial charge in [-0.1, -0.05) is 19.8 Å². The Kier molecular flexibility index (Phi) is 10.4. The number of nitrogens with zero attached hydrogens (tertiary/aromatic N) is 1. The fourth-order valence-corrected chi connectivity index (χ4v) is 2.75. The summed E-state index contributed by atoms with van der Waals surface area (Å²) in [4.78, 5) is 2.52. The third-order valence-corrected chi connectivity index (χ3v) is 3.98. The molecule has 114 valence electrons. The molecule has 1 fully saturated rings. The molecule has 0 saturated carbocycles. The van der Waals surface area contributed by atoms with E-state index < -0.39 is 0 Å². The summed E-state index contributed by atoms with van der Waals surface area (Å²) in [5, 5.41) is 3.47. The zero-order valence-electron chi connectivity index (χ0n) is 13.1. The second kappa shape index (κ2) is 11.7. The third-order valence-electron chi connectivity index (χ3n) is 3.98. The molecule has 19 heavy (non-hydrogen) atoms. The molecule has 1 heterocycles. The molecule has 0 aliphatic carbocycles.